The lowest BCUT2D eigenvalue weighted by Crippen LogP contribution is -2.36. The maximum absolute atomic E-state index is 9.72. The smallest absolute Gasteiger partial charge is 0.157 e. The summed E-state index contributed by atoms with van der Waals surface area (Å²) in [6.45, 7) is 1.97. The SMILES string of the molecule is Cc1nnc(N[C@H](c2cnn(C)c2)C2CC(O)C2)c2ccccc12. The van der Waals surface area contributed by atoms with E-state index in [2.05, 4.69) is 32.7 Å². The number of benzene rings is 1. The minimum atomic E-state index is -0.197. The van der Waals surface area contributed by atoms with Crippen LogP contribution in [0.3, 0.4) is 0 Å². The molecule has 1 aliphatic rings. The molecule has 1 saturated carbocycles. The van der Waals surface area contributed by atoms with Gasteiger partial charge < -0.3 is 10.4 Å². The highest BCUT2D eigenvalue weighted by atomic mass is 16.3. The van der Waals surface area contributed by atoms with Gasteiger partial charge in [-0.05, 0) is 25.7 Å². The molecule has 2 aromatic heterocycles. The van der Waals surface area contributed by atoms with Gasteiger partial charge in [-0.1, -0.05) is 24.3 Å². The predicted molar refractivity (Wildman–Crippen MR) is 92.6 cm³/mol. The van der Waals surface area contributed by atoms with Gasteiger partial charge in [0.15, 0.2) is 5.82 Å². The summed E-state index contributed by atoms with van der Waals surface area (Å²) in [5.74, 6) is 1.15. The number of aromatic nitrogens is 4. The number of aliphatic hydroxyl groups is 1. The van der Waals surface area contributed by atoms with Crippen LogP contribution in [0.4, 0.5) is 5.82 Å². The van der Waals surface area contributed by atoms with Crippen molar-refractivity contribution in [2.45, 2.75) is 31.9 Å². The minimum absolute atomic E-state index is 0.0718. The maximum Gasteiger partial charge on any atom is 0.157 e. The van der Waals surface area contributed by atoms with E-state index in [4.69, 9.17) is 0 Å². The zero-order valence-corrected chi connectivity index (χ0v) is 13.8. The first-order valence-electron chi connectivity index (χ1n) is 8.27. The summed E-state index contributed by atoms with van der Waals surface area (Å²) in [4.78, 5) is 0. The molecule has 0 spiro atoms. The van der Waals surface area contributed by atoms with E-state index < -0.39 is 0 Å². The lowest BCUT2D eigenvalue weighted by molar-refractivity contribution is 0.0339. The zero-order chi connectivity index (χ0) is 16.7. The second-order valence-corrected chi connectivity index (χ2v) is 6.63. The van der Waals surface area contributed by atoms with Crippen LogP contribution in [-0.4, -0.2) is 31.2 Å². The molecule has 1 atom stereocenters. The van der Waals surface area contributed by atoms with Crippen LogP contribution in [0, 0.1) is 12.8 Å². The Morgan fingerprint density at radius 1 is 1.21 bits per heavy atom. The molecule has 0 saturated heterocycles. The van der Waals surface area contributed by atoms with E-state index in [1.807, 2.05) is 38.5 Å². The number of fused-ring (bicyclic) bond motifs is 1. The topological polar surface area (TPSA) is 75.9 Å². The van der Waals surface area contributed by atoms with Gasteiger partial charge in [-0.25, -0.2) is 0 Å². The Hall–Kier alpha value is -2.47. The van der Waals surface area contributed by atoms with Crippen molar-refractivity contribution in [3.05, 3.63) is 47.9 Å². The van der Waals surface area contributed by atoms with Crippen molar-refractivity contribution in [3.8, 4) is 0 Å². The van der Waals surface area contributed by atoms with Gasteiger partial charge in [-0.3, -0.25) is 4.68 Å². The Bertz CT molecular complexity index is 869. The van der Waals surface area contributed by atoms with E-state index in [0.717, 1.165) is 40.7 Å². The molecule has 24 heavy (non-hydrogen) atoms. The monoisotopic (exact) mass is 323 g/mol. The van der Waals surface area contributed by atoms with Crippen LogP contribution in [0.15, 0.2) is 36.7 Å². The molecule has 3 aromatic rings. The van der Waals surface area contributed by atoms with E-state index in [9.17, 15) is 5.11 Å². The van der Waals surface area contributed by atoms with Crippen LogP contribution < -0.4 is 5.32 Å². The maximum atomic E-state index is 9.72. The van der Waals surface area contributed by atoms with Crippen LogP contribution in [0.1, 0.15) is 30.1 Å². The van der Waals surface area contributed by atoms with E-state index in [1.165, 1.54) is 0 Å². The normalized spacial score (nSPS) is 21.5. The fourth-order valence-electron chi connectivity index (χ4n) is 3.47. The zero-order valence-electron chi connectivity index (χ0n) is 13.8. The standard InChI is InChI=1S/C18H21N5O/c1-11-15-5-3-4-6-16(15)18(22-21-11)20-17(12-7-14(24)8-12)13-9-19-23(2)10-13/h3-6,9-10,12,14,17,24H,7-8H2,1-2H3,(H,20,22)/t12?,14?,17-/m0/s1. The van der Waals surface area contributed by atoms with Crippen molar-refractivity contribution in [1.29, 1.82) is 0 Å². The second kappa shape index (κ2) is 5.87. The third-order valence-electron chi connectivity index (χ3n) is 4.87. The third kappa shape index (κ3) is 2.63. The van der Waals surface area contributed by atoms with Crippen LogP contribution in [0.5, 0.6) is 0 Å². The predicted octanol–water partition coefficient (Wildman–Crippen LogP) is 2.60. The molecule has 1 aliphatic carbocycles. The minimum Gasteiger partial charge on any atom is -0.393 e. The summed E-state index contributed by atoms with van der Waals surface area (Å²) < 4.78 is 1.80. The highest BCUT2D eigenvalue weighted by molar-refractivity contribution is 5.92. The van der Waals surface area contributed by atoms with E-state index in [0.29, 0.717) is 5.92 Å². The van der Waals surface area contributed by atoms with Gasteiger partial charge in [0, 0.05) is 29.6 Å². The molecule has 1 fully saturated rings. The molecule has 6 nitrogen and oxygen atoms in total. The Labute approximate surface area is 140 Å². The molecule has 0 radical (unpaired) electrons. The van der Waals surface area contributed by atoms with E-state index >= 15 is 0 Å². The molecule has 2 heterocycles. The molecule has 2 N–H and O–H groups in total. The van der Waals surface area contributed by atoms with Crippen molar-refractivity contribution < 1.29 is 5.11 Å². The lowest BCUT2D eigenvalue weighted by atomic mass is 9.75. The average Bonchev–Trinajstić information content (AvgIpc) is 2.98. The summed E-state index contributed by atoms with van der Waals surface area (Å²) in [6.07, 6.45) is 5.29. The molecule has 4 rings (SSSR count). The molecular formula is C18H21N5O. The van der Waals surface area contributed by atoms with Gasteiger partial charge in [0.05, 0.1) is 24.0 Å². The first-order valence-corrected chi connectivity index (χ1v) is 8.27. The quantitative estimate of drug-likeness (QED) is 0.772. The van der Waals surface area contributed by atoms with Crippen molar-refractivity contribution >= 4 is 16.6 Å². The van der Waals surface area contributed by atoms with Gasteiger partial charge >= 0.3 is 0 Å². The molecule has 0 unspecified atom stereocenters. The van der Waals surface area contributed by atoms with Crippen LogP contribution in [0.25, 0.3) is 10.8 Å². The molecule has 1 aromatic carbocycles. The van der Waals surface area contributed by atoms with Crippen molar-refractivity contribution in [1.82, 2.24) is 20.0 Å². The third-order valence-corrected chi connectivity index (χ3v) is 4.87. The van der Waals surface area contributed by atoms with Crippen molar-refractivity contribution in [3.63, 3.8) is 0 Å². The Kier molecular flexibility index (Phi) is 3.69. The summed E-state index contributed by atoms with van der Waals surface area (Å²) in [7, 11) is 1.91. The van der Waals surface area contributed by atoms with Gasteiger partial charge in [-0.15, -0.1) is 5.10 Å². The van der Waals surface area contributed by atoms with E-state index in [-0.39, 0.29) is 12.1 Å². The number of aliphatic hydroxyl groups excluding tert-OH is 1. The first kappa shape index (κ1) is 15.1. The van der Waals surface area contributed by atoms with Crippen molar-refractivity contribution in [2.24, 2.45) is 13.0 Å². The molecule has 0 bridgehead atoms. The Morgan fingerprint density at radius 2 is 1.96 bits per heavy atom. The van der Waals surface area contributed by atoms with Crippen LogP contribution in [0.2, 0.25) is 0 Å². The highest BCUT2D eigenvalue weighted by Gasteiger charge is 2.35. The molecule has 0 aliphatic heterocycles. The second-order valence-electron chi connectivity index (χ2n) is 6.63. The number of nitrogens with zero attached hydrogens (tertiary/aromatic N) is 4. The van der Waals surface area contributed by atoms with Crippen LogP contribution >= 0.6 is 0 Å². The number of hydrogen-bond donors (Lipinski definition) is 2. The summed E-state index contributed by atoms with van der Waals surface area (Å²) in [5, 5.41) is 28.4. The van der Waals surface area contributed by atoms with E-state index in [1.54, 1.807) is 4.68 Å². The lowest BCUT2D eigenvalue weighted by Gasteiger charge is -2.38. The summed E-state index contributed by atoms with van der Waals surface area (Å²) in [5.41, 5.74) is 2.04. The average molecular weight is 323 g/mol. The number of anilines is 1. The Balaban J connectivity index is 1.72. The number of nitrogens with one attached hydrogen (secondary N) is 1. The van der Waals surface area contributed by atoms with Gasteiger partial charge in [-0.2, -0.15) is 10.2 Å². The fourth-order valence-corrected chi connectivity index (χ4v) is 3.47. The molecule has 6 heteroatoms. The van der Waals surface area contributed by atoms with Gasteiger partial charge in [0.2, 0.25) is 0 Å². The number of hydrogen-bond acceptors (Lipinski definition) is 5. The largest absolute Gasteiger partial charge is 0.393 e. The molecule has 0 amide bonds. The highest BCUT2D eigenvalue weighted by Crippen LogP contribution is 2.40. The van der Waals surface area contributed by atoms with Gasteiger partial charge in [0.1, 0.15) is 0 Å². The summed E-state index contributed by atoms with van der Waals surface area (Å²) >= 11 is 0. The molecule has 124 valence electrons. The Morgan fingerprint density at radius 3 is 2.62 bits per heavy atom. The van der Waals surface area contributed by atoms with Gasteiger partial charge in [0.25, 0.3) is 0 Å². The molecular weight excluding hydrogens is 302 g/mol. The van der Waals surface area contributed by atoms with Crippen LogP contribution in [-0.2, 0) is 7.05 Å². The first-order chi connectivity index (χ1) is 11.6. The fraction of sp³-hybridized carbons (Fsp3) is 0.389. The summed E-state index contributed by atoms with van der Waals surface area (Å²) in [6, 6.07) is 8.23. The van der Waals surface area contributed by atoms with Crippen molar-refractivity contribution in [2.75, 3.05) is 5.32 Å². The number of aryl methyl sites for hydroxylation is 2. The number of rotatable bonds is 4.